The number of rotatable bonds is 11. The zero-order chi connectivity index (χ0) is 28.8. The average Bonchev–Trinajstić information content (AvgIpc) is 3.58. The molecule has 1 N–H and O–H groups in total. The van der Waals surface area contributed by atoms with Gasteiger partial charge in [-0.2, -0.15) is 0 Å². The Morgan fingerprint density at radius 1 is 1.05 bits per heavy atom. The van der Waals surface area contributed by atoms with Gasteiger partial charge >= 0.3 is 0 Å². The monoisotopic (exact) mass is 611 g/mol. The molecule has 0 radical (unpaired) electrons. The summed E-state index contributed by atoms with van der Waals surface area (Å²) in [7, 11) is 1.67. The van der Waals surface area contributed by atoms with E-state index >= 15 is 0 Å². The van der Waals surface area contributed by atoms with Crippen molar-refractivity contribution < 1.29 is 14.3 Å². The number of nitrogens with one attached hydrogen (secondary N) is 1. The van der Waals surface area contributed by atoms with Crippen LogP contribution in [0.25, 0.3) is 11.4 Å². The van der Waals surface area contributed by atoms with E-state index in [0.29, 0.717) is 40.4 Å². The number of hydrogen-bond donors (Lipinski definition) is 1. The van der Waals surface area contributed by atoms with Crippen LogP contribution in [-0.2, 0) is 19.6 Å². The highest BCUT2D eigenvalue weighted by atomic mass is 35.5. The average molecular weight is 613 g/mol. The number of nitrogens with zero attached hydrogens (tertiary/aromatic N) is 2. The summed E-state index contributed by atoms with van der Waals surface area (Å²) in [5.41, 5.74) is 4.58. The Morgan fingerprint density at radius 2 is 1.78 bits per heavy atom. The molecule has 2 aromatic carbocycles. The second-order valence-corrected chi connectivity index (χ2v) is 12.3. The van der Waals surface area contributed by atoms with E-state index in [1.807, 2.05) is 30.5 Å². The molecule has 2 heterocycles. The summed E-state index contributed by atoms with van der Waals surface area (Å²) in [6, 6.07) is 15.2. The largest absolute Gasteiger partial charge is 0.497 e. The molecule has 0 atom stereocenters. The van der Waals surface area contributed by atoms with E-state index in [4.69, 9.17) is 37.7 Å². The number of ether oxygens (including phenoxy) is 2. The highest BCUT2D eigenvalue weighted by Crippen LogP contribution is 2.30. The maximum Gasteiger partial charge on any atom is 0.253 e. The molecule has 9 heteroatoms. The lowest BCUT2D eigenvalue weighted by Gasteiger charge is -2.21. The van der Waals surface area contributed by atoms with Crippen LogP contribution in [0, 0.1) is 12.8 Å². The van der Waals surface area contributed by atoms with Crippen molar-refractivity contribution in [1.29, 1.82) is 0 Å². The minimum Gasteiger partial charge on any atom is -0.497 e. The van der Waals surface area contributed by atoms with E-state index in [0.717, 1.165) is 40.8 Å². The molecule has 1 aliphatic rings. The number of halogens is 2. The van der Waals surface area contributed by atoms with E-state index in [9.17, 15) is 4.79 Å². The van der Waals surface area contributed by atoms with Crippen LogP contribution in [0.2, 0.25) is 10.0 Å². The molecule has 0 spiro atoms. The van der Waals surface area contributed by atoms with Gasteiger partial charge in [-0.25, -0.2) is 4.98 Å². The number of aromatic nitrogens is 2. The van der Waals surface area contributed by atoms with E-state index < -0.39 is 0 Å². The predicted molar refractivity (Wildman–Crippen MR) is 167 cm³/mol. The van der Waals surface area contributed by atoms with Crippen molar-refractivity contribution in [1.82, 2.24) is 14.9 Å². The summed E-state index contributed by atoms with van der Waals surface area (Å²) in [6.45, 7) is 3.76. The van der Waals surface area contributed by atoms with Crippen LogP contribution >= 0.6 is 34.5 Å². The quantitative estimate of drug-likeness (QED) is 0.185. The highest BCUT2D eigenvalue weighted by Gasteiger charge is 2.22. The Labute approximate surface area is 255 Å². The molecule has 2 aromatic heterocycles. The summed E-state index contributed by atoms with van der Waals surface area (Å²) >= 11 is 13.7. The zero-order valence-corrected chi connectivity index (χ0v) is 25.7. The number of carbonyl (C=O) groups is 1. The maximum atomic E-state index is 13.4. The summed E-state index contributed by atoms with van der Waals surface area (Å²) in [5.74, 6) is 1.98. The number of hydrogen-bond acceptors (Lipinski definition) is 5. The van der Waals surface area contributed by atoms with Gasteiger partial charge in [-0.15, -0.1) is 11.3 Å². The van der Waals surface area contributed by atoms with Crippen LogP contribution in [0.5, 0.6) is 11.5 Å². The van der Waals surface area contributed by atoms with Crippen molar-refractivity contribution in [2.24, 2.45) is 5.92 Å². The standard InChI is InChI=1S/C32H35Cl2N3O3S/c1-21-28(32(38)35-18-23-6-4-3-5-7-23)17-30(37(21)13-12-22-8-10-26(39-2)11-9-22)29-20-41-31(36-29)19-40-27-15-24(33)14-25(34)16-27/h8-11,14-17,20,23H,3-7,12-13,18-19H2,1-2H3,(H,35,38). The molecule has 5 rings (SSSR count). The number of carbonyl (C=O) groups excluding carboxylic acids is 1. The topological polar surface area (TPSA) is 65.4 Å². The van der Waals surface area contributed by atoms with Crippen LogP contribution in [0.1, 0.15) is 58.7 Å². The summed E-state index contributed by atoms with van der Waals surface area (Å²) in [5, 5.41) is 7.09. The van der Waals surface area contributed by atoms with E-state index in [-0.39, 0.29) is 5.91 Å². The van der Waals surface area contributed by atoms with Crippen molar-refractivity contribution in [3.63, 3.8) is 0 Å². The summed E-state index contributed by atoms with van der Waals surface area (Å²) in [6.07, 6.45) is 7.01. The molecule has 41 heavy (non-hydrogen) atoms. The normalized spacial score (nSPS) is 13.8. The molecule has 6 nitrogen and oxygen atoms in total. The first-order chi connectivity index (χ1) is 19.9. The Hall–Kier alpha value is -3.00. The summed E-state index contributed by atoms with van der Waals surface area (Å²) < 4.78 is 13.4. The summed E-state index contributed by atoms with van der Waals surface area (Å²) in [4.78, 5) is 18.2. The zero-order valence-electron chi connectivity index (χ0n) is 23.4. The minimum absolute atomic E-state index is 0.0193. The van der Waals surface area contributed by atoms with Crippen molar-refractivity contribution in [3.05, 3.63) is 85.8 Å². The van der Waals surface area contributed by atoms with Crippen molar-refractivity contribution in [2.45, 2.75) is 58.6 Å². The Morgan fingerprint density at radius 3 is 2.49 bits per heavy atom. The fraction of sp³-hybridized carbons (Fsp3) is 0.375. The first-order valence-corrected chi connectivity index (χ1v) is 15.7. The molecule has 4 aromatic rings. The van der Waals surface area contributed by atoms with Gasteiger partial charge in [-0.05, 0) is 74.1 Å². The fourth-order valence-corrected chi connectivity index (χ4v) is 6.59. The molecule has 216 valence electrons. The fourth-order valence-electron chi connectivity index (χ4n) is 5.38. The lowest BCUT2D eigenvalue weighted by Crippen LogP contribution is -2.30. The smallest absolute Gasteiger partial charge is 0.253 e. The maximum absolute atomic E-state index is 13.4. The number of aryl methyl sites for hydroxylation is 1. The van der Waals surface area contributed by atoms with Gasteiger partial charge < -0.3 is 19.4 Å². The molecule has 0 unspecified atom stereocenters. The third-order valence-corrected chi connectivity index (χ3v) is 8.94. The van der Waals surface area contributed by atoms with Gasteiger partial charge in [0.15, 0.2) is 0 Å². The molecular weight excluding hydrogens is 577 g/mol. The Kier molecular flexibility index (Phi) is 9.91. The SMILES string of the molecule is COc1ccc(CCn2c(-c3csc(COc4cc(Cl)cc(Cl)c4)n3)cc(C(=O)NCC3CCCCC3)c2C)cc1. The van der Waals surface area contributed by atoms with E-state index in [1.165, 1.54) is 49.0 Å². The lowest BCUT2D eigenvalue weighted by atomic mass is 9.89. The van der Waals surface area contributed by atoms with Gasteiger partial charge in [0.2, 0.25) is 0 Å². The van der Waals surface area contributed by atoms with Gasteiger partial charge in [0.05, 0.1) is 24.1 Å². The third kappa shape index (κ3) is 7.64. The van der Waals surface area contributed by atoms with Crippen molar-refractivity contribution in [3.8, 4) is 22.9 Å². The van der Waals surface area contributed by atoms with E-state index in [2.05, 4.69) is 22.0 Å². The first kappa shape index (κ1) is 29.5. The predicted octanol–water partition coefficient (Wildman–Crippen LogP) is 8.37. The minimum atomic E-state index is -0.0193. The number of amides is 1. The third-order valence-electron chi connectivity index (χ3n) is 7.68. The van der Waals surface area contributed by atoms with Gasteiger partial charge in [0.25, 0.3) is 5.91 Å². The molecule has 1 aliphatic carbocycles. The second kappa shape index (κ2) is 13.8. The lowest BCUT2D eigenvalue weighted by molar-refractivity contribution is 0.0943. The molecule has 0 aliphatic heterocycles. The van der Waals surface area contributed by atoms with Crippen molar-refractivity contribution in [2.75, 3.05) is 13.7 Å². The first-order valence-electron chi connectivity index (χ1n) is 14.0. The Balaban J connectivity index is 1.36. The van der Waals surface area contributed by atoms with E-state index in [1.54, 1.807) is 25.3 Å². The van der Waals surface area contributed by atoms with Gasteiger partial charge in [-0.1, -0.05) is 54.6 Å². The van der Waals surface area contributed by atoms with Crippen molar-refractivity contribution >= 4 is 40.4 Å². The Bertz CT molecular complexity index is 1460. The van der Waals surface area contributed by atoms with Gasteiger partial charge in [-0.3, -0.25) is 4.79 Å². The second-order valence-electron chi connectivity index (χ2n) is 10.5. The van der Waals surface area contributed by atoms with Crippen LogP contribution < -0.4 is 14.8 Å². The molecule has 1 amide bonds. The van der Waals surface area contributed by atoms with Crippen LogP contribution in [0.3, 0.4) is 0 Å². The van der Waals surface area contributed by atoms with Crippen LogP contribution in [0.15, 0.2) is 53.9 Å². The number of thiazole rings is 1. The number of benzene rings is 2. The van der Waals surface area contributed by atoms with Gasteiger partial charge in [0.1, 0.15) is 23.1 Å². The molecule has 0 bridgehead atoms. The van der Waals surface area contributed by atoms with Crippen LogP contribution in [0.4, 0.5) is 0 Å². The highest BCUT2D eigenvalue weighted by molar-refractivity contribution is 7.09. The number of methoxy groups -OCH3 is 1. The molecule has 1 fully saturated rings. The molecular formula is C32H35Cl2N3O3S. The van der Waals surface area contributed by atoms with Crippen LogP contribution in [-0.4, -0.2) is 29.1 Å². The molecule has 1 saturated carbocycles. The molecule has 0 saturated heterocycles. The van der Waals surface area contributed by atoms with Gasteiger partial charge in [0, 0.05) is 34.2 Å².